The zero-order valence-corrected chi connectivity index (χ0v) is 10.2. The highest BCUT2D eigenvalue weighted by molar-refractivity contribution is 7.84. The van der Waals surface area contributed by atoms with Gasteiger partial charge in [0.25, 0.3) is 0 Å². The molecule has 0 unspecified atom stereocenters. The van der Waals surface area contributed by atoms with Gasteiger partial charge in [-0.2, -0.15) is 13.6 Å². The summed E-state index contributed by atoms with van der Waals surface area (Å²) in [6.07, 6.45) is 0. The minimum Gasteiger partial charge on any atom is -0.504 e. The largest absolute Gasteiger partial charge is 0.504 e. The molecule has 1 rings (SSSR count). The maximum Gasteiger partial charge on any atom is 0.380 e. The Labute approximate surface area is 95.1 Å². The molecule has 0 aliphatic carbocycles. The van der Waals surface area contributed by atoms with Crippen molar-refractivity contribution >= 4 is 10.3 Å². The number of phenolic OH excluding ortho intramolecular Hbond substituents is 1. The summed E-state index contributed by atoms with van der Waals surface area (Å²) in [5, 5.41) is 14.3. The Bertz CT molecular complexity index is 488. The minimum atomic E-state index is -4.11. The fraction of sp³-hybridized carbons (Fsp3) is 0.400. The first-order valence-electron chi connectivity index (χ1n) is 4.65. The molecule has 0 saturated heterocycles. The number of rotatable bonds is 2. The molecule has 0 heterocycles. The number of phenols is 1. The van der Waals surface area contributed by atoms with Crippen LogP contribution in [0.15, 0.2) is 18.2 Å². The van der Waals surface area contributed by atoms with Crippen molar-refractivity contribution in [3.05, 3.63) is 23.8 Å². The van der Waals surface area contributed by atoms with Gasteiger partial charge in [0.1, 0.15) is 0 Å². The van der Waals surface area contributed by atoms with Crippen LogP contribution in [-0.2, 0) is 15.7 Å². The molecule has 1 aromatic carbocycles. The van der Waals surface area contributed by atoms with Gasteiger partial charge in [0.15, 0.2) is 11.5 Å². The standard InChI is InChI=1S/C10H15NO4S/c1-10(2,3)7-4-5-9(8(12)6-7)15-16(11,13)14/h4-6,12H,1-3H3,(H2,11,13,14). The van der Waals surface area contributed by atoms with Gasteiger partial charge < -0.3 is 9.29 Å². The van der Waals surface area contributed by atoms with E-state index in [1.165, 1.54) is 12.1 Å². The molecular formula is C10H15NO4S. The predicted octanol–water partition coefficient (Wildman–Crippen LogP) is 1.27. The highest BCUT2D eigenvalue weighted by Gasteiger charge is 2.17. The predicted molar refractivity (Wildman–Crippen MR) is 60.5 cm³/mol. The van der Waals surface area contributed by atoms with Gasteiger partial charge >= 0.3 is 10.3 Å². The fourth-order valence-electron chi connectivity index (χ4n) is 1.18. The van der Waals surface area contributed by atoms with E-state index >= 15 is 0 Å². The molecule has 1 aromatic rings. The molecular weight excluding hydrogens is 230 g/mol. The van der Waals surface area contributed by atoms with Gasteiger partial charge in [0.05, 0.1) is 0 Å². The van der Waals surface area contributed by atoms with Crippen molar-refractivity contribution in [3.8, 4) is 11.5 Å². The second kappa shape index (κ2) is 3.95. The monoisotopic (exact) mass is 245 g/mol. The van der Waals surface area contributed by atoms with Gasteiger partial charge in [0.2, 0.25) is 0 Å². The van der Waals surface area contributed by atoms with E-state index in [0.717, 1.165) is 5.56 Å². The first-order valence-corrected chi connectivity index (χ1v) is 6.12. The van der Waals surface area contributed by atoms with Crippen molar-refractivity contribution in [2.75, 3.05) is 0 Å². The van der Waals surface area contributed by atoms with Crippen LogP contribution in [0.1, 0.15) is 26.3 Å². The second-order valence-electron chi connectivity index (χ2n) is 4.51. The lowest BCUT2D eigenvalue weighted by atomic mass is 9.87. The van der Waals surface area contributed by atoms with Crippen molar-refractivity contribution in [1.29, 1.82) is 0 Å². The number of aromatic hydroxyl groups is 1. The number of hydrogen-bond acceptors (Lipinski definition) is 4. The molecule has 3 N–H and O–H groups in total. The third-order valence-corrected chi connectivity index (χ3v) is 2.44. The van der Waals surface area contributed by atoms with Gasteiger partial charge in [-0.25, -0.2) is 0 Å². The Morgan fingerprint density at radius 2 is 1.88 bits per heavy atom. The molecule has 0 radical (unpaired) electrons. The van der Waals surface area contributed by atoms with Gasteiger partial charge in [-0.15, -0.1) is 0 Å². The lowest BCUT2D eigenvalue weighted by Crippen LogP contribution is -2.19. The molecule has 0 fully saturated rings. The van der Waals surface area contributed by atoms with Crippen molar-refractivity contribution in [2.24, 2.45) is 5.14 Å². The maximum atomic E-state index is 10.7. The van der Waals surface area contributed by atoms with Crippen LogP contribution < -0.4 is 9.32 Å². The van der Waals surface area contributed by atoms with E-state index in [0.29, 0.717) is 0 Å². The van der Waals surface area contributed by atoms with Crippen molar-refractivity contribution in [1.82, 2.24) is 0 Å². The van der Waals surface area contributed by atoms with Crippen molar-refractivity contribution < 1.29 is 17.7 Å². The quantitative estimate of drug-likeness (QED) is 0.821. The fourth-order valence-corrected chi connectivity index (χ4v) is 1.57. The zero-order valence-electron chi connectivity index (χ0n) is 9.39. The van der Waals surface area contributed by atoms with Gasteiger partial charge in [-0.1, -0.05) is 26.8 Å². The van der Waals surface area contributed by atoms with Crippen LogP contribution in [0.25, 0.3) is 0 Å². The Morgan fingerprint density at radius 1 is 1.31 bits per heavy atom. The molecule has 90 valence electrons. The third-order valence-electron chi connectivity index (χ3n) is 2.03. The van der Waals surface area contributed by atoms with Crippen LogP contribution in [0.4, 0.5) is 0 Å². The number of hydrogen-bond donors (Lipinski definition) is 2. The Morgan fingerprint density at radius 3 is 2.25 bits per heavy atom. The molecule has 0 spiro atoms. The minimum absolute atomic E-state index is 0.141. The number of benzene rings is 1. The Balaban J connectivity index is 3.11. The highest BCUT2D eigenvalue weighted by Crippen LogP contribution is 2.32. The molecule has 6 heteroatoms. The van der Waals surface area contributed by atoms with Crippen LogP contribution in [0.5, 0.6) is 11.5 Å². The molecule has 0 bridgehead atoms. The molecule has 0 aromatic heterocycles. The summed E-state index contributed by atoms with van der Waals surface area (Å²) in [5.41, 5.74) is 0.726. The maximum absolute atomic E-state index is 10.7. The normalized spacial score (nSPS) is 12.5. The summed E-state index contributed by atoms with van der Waals surface area (Å²) in [6.45, 7) is 5.92. The van der Waals surface area contributed by atoms with Gasteiger partial charge in [-0.3, -0.25) is 0 Å². The first-order chi connectivity index (χ1) is 7.09. The van der Waals surface area contributed by atoms with Crippen LogP contribution in [0, 0.1) is 0 Å². The van der Waals surface area contributed by atoms with E-state index in [-0.39, 0.29) is 16.9 Å². The van der Waals surface area contributed by atoms with Crippen LogP contribution in [0.2, 0.25) is 0 Å². The van der Waals surface area contributed by atoms with E-state index in [1.807, 2.05) is 20.8 Å². The summed E-state index contributed by atoms with van der Waals surface area (Å²) < 4.78 is 25.8. The molecule has 0 aliphatic heterocycles. The van der Waals surface area contributed by atoms with E-state index < -0.39 is 10.3 Å². The van der Waals surface area contributed by atoms with E-state index in [9.17, 15) is 13.5 Å². The Kier molecular flexibility index (Phi) is 3.16. The zero-order chi connectivity index (χ0) is 12.6. The molecule has 16 heavy (non-hydrogen) atoms. The Hall–Kier alpha value is -1.27. The molecule has 0 amide bonds. The van der Waals surface area contributed by atoms with Crippen LogP contribution >= 0.6 is 0 Å². The van der Waals surface area contributed by atoms with Crippen molar-refractivity contribution in [2.45, 2.75) is 26.2 Å². The summed E-state index contributed by atoms with van der Waals surface area (Å²) in [5.74, 6) is -0.419. The lowest BCUT2D eigenvalue weighted by molar-refractivity contribution is 0.426. The summed E-state index contributed by atoms with van der Waals surface area (Å²) >= 11 is 0. The average Bonchev–Trinajstić information content (AvgIpc) is 2.04. The molecule has 0 saturated carbocycles. The lowest BCUT2D eigenvalue weighted by Gasteiger charge is -2.19. The van der Waals surface area contributed by atoms with Crippen LogP contribution in [0.3, 0.4) is 0 Å². The van der Waals surface area contributed by atoms with Crippen LogP contribution in [-0.4, -0.2) is 13.5 Å². The SMILES string of the molecule is CC(C)(C)c1ccc(OS(N)(=O)=O)c(O)c1. The van der Waals surface area contributed by atoms with E-state index in [1.54, 1.807) is 6.07 Å². The first kappa shape index (κ1) is 12.8. The summed E-state index contributed by atoms with van der Waals surface area (Å²) in [4.78, 5) is 0. The topological polar surface area (TPSA) is 89.6 Å². The summed E-state index contributed by atoms with van der Waals surface area (Å²) in [6, 6.07) is 4.51. The third kappa shape index (κ3) is 3.39. The number of nitrogens with two attached hydrogens (primary N) is 1. The highest BCUT2D eigenvalue weighted by atomic mass is 32.2. The summed E-state index contributed by atoms with van der Waals surface area (Å²) in [7, 11) is -4.11. The van der Waals surface area contributed by atoms with Gasteiger partial charge in [0, 0.05) is 0 Å². The van der Waals surface area contributed by atoms with E-state index in [2.05, 4.69) is 4.18 Å². The van der Waals surface area contributed by atoms with Gasteiger partial charge in [-0.05, 0) is 23.1 Å². The second-order valence-corrected chi connectivity index (χ2v) is 5.66. The molecule has 0 atom stereocenters. The smallest absolute Gasteiger partial charge is 0.380 e. The van der Waals surface area contributed by atoms with E-state index in [4.69, 9.17) is 5.14 Å². The average molecular weight is 245 g/mol. The molecule has 0 aliphatic rings. The van der Waals surface area contributed by atoms with Crippen molar-refractivity contribution in [3.63, 3.8) is 0 Å². The molecule has 5 nitrogen and oxygen atoms in total.